The van der Waals surface area contributed by atoms with Crippen molar-refractivity contribution in [3.05, 3.63) is 65.1 Å². The van der Waals surface area contributed by atoms with Crippen molar-refractivity contribution in [1.82, 2.24) is 9.97 Å². The van der Waals surface area contributed by atoms with Crippen LogP contribution in [0.2, 0.25) is 0 Å². The van der Waals surface area contributed by atoms with E-state index in [9.17, 15) is 18.0 Å². The number of nitrogens with zero attached hydrogens (tertiary/aromatic N) is 2. The number of aryl methyl sites for hydroxylation is 2. The maximum Gasteiger partial charge on any atom is 0.388 e. The summed E-state index contributed by atoms with van der Waals surface area (Å²) in [4.78, 5) is 21.1. The molecule has 2 heterocycles. The summed E-state index contributed by atoms with van der Waals surface area (Å²) in [5.74, 6) is -1.03. The molecule has 0 aliphatic carbocycles. The molecule has 162 valence electrons. The molecule has 3 aromatic rings. The highest BCUT2D eigenvalue weighted by molar-refractivity contribution is 6.08. The molecule has 0 aliphatic heterocycles. The molecule has 0 bridgehead atoms. The molecule has 10 heteroatoms. The minimum absolute atomic E-state index is 0.0375. The van der Waals surface area contributed by atoms with E-state index >= 15 is 0 Å². The van der Waals surface area contributed by atoms with Crippen LogP contribution in [-0.2, 0) is 0 Å². The zero-order chi connectivity index (χ0) is 22.5. The van der Waals surface area contributed by atoms with Gasteiger partial charge in [-0.25, -0.2) is 9.37 Å². The molecular weight excluding hydrogens is 413 g/mol. The molecular formula is C21H19F3N4O3. The second kappa shape index (κ2) is 9.33. The molecule has 0 atom stereocenters. The molecule has 0 aliphatic rings. The number of anilines is 3. The Labute approximate surface area is 176 Å². The van der Waals surface area contributed by atoms with Crippen molar-refractivity contribution in [2.75, 3.05) is 17.7 Å². The summed E-state index contributed by atoms with van der Waals surface area (Å²) in [5, 5.41) is 5.58. The largest absolute Gasteiger partial charge is 0.481 e. The fourth-order valence-corrected chi connectivity index (χ4v) is 2.75. The first-order chi connectivity index (χ1) is 14.8. The van der Waals surface area contributed by atoms with E-state index < -0.39 is 18.3 Å². The van der Waals surface area contributed by atoms with Crippen LogP contribution >= 0.6 is 0 Å². The quantitative estimate of drug-likeness (QED) is 0.556. The Morgan fingerprint density at radius 3 is 2.35 bits per heavy atom. The topological polar surface area (TPSA) is 85.4 Å². The molecule has 3 rings (SSSR count). The number of benzene rings is 1. The van der Waals surface area contributed by atoms with E-state index in [1.807, 2.05) is 0 Å². The molecule has 7 nitrogen and oxygen atoms in total. The standard InChI is InChI=1S/C21H19F3N4O3/c1-11-10-13(22)4-6-15(11)26-19-14(5-8-18(28-19)31-21(23)24)20(29)27-16-7-9-17(30-3)25-12(16)2/h4-10,21H,1-3H3,(H,26,28)(H,27,29). The molecule has 0 unspecified atom stereocenters. The molecule has 0 saturated heterocycles. The minimum atomic E-state index is -3.08. The van der Waals surface area contributed by atoms with Crippen LogP contribution in [-0.4, -0.2) is 29.6 Å². The number of amides is 1. The number of rotatable bonds is 7. The van der Waals surface area contributed by atoms with Gasteiger partial charge in [-0.1, -0.05) is 0 Å². The highest BCUT2D eigenvalue weighted by Gasteiger charge is 2.18. The summed E-state index contributed by atoms with van der Waals surface area (Å²) < 4.78 is 48.0. The Morgan fingerprint density at radius 1 is 1.00 bits per heavy atom. The Hall–Kier alpha value is -3.82. The summed E-state index contributed by atoms with van der Waals surface area (Å²) in [6.45, 7) is 0.259. The zero-order valence-corrected chi connectivity index (χ0v) is 16.9. The lowest BCUT2D eigenvalue weighted by molar-refractivity contribution is -0.0527. The monoisotopic (exact) mass is 432 g/mol. The lowest BCUT2D eigenvalue weighted by Gasteiger charge is -2.15. The highest BCUT2D eigenvalue weighted by Crippen LogP contribution is 2.27. The summed E-state index contributed by atoms with van der Waals surface area (Å²) in [5.41, 5.74) is 1.98. The van der Waals surface area contributed by atoms with Crippen LogP contribution in [0.1, 0.15) is 21.6 Å². The SMILES string of the molecule is COc1ccc(NC(=O)c2ccc(OC(F)F)nc2Nc2ccc(F)cc2C)c(C)n1. The van der Waals surface area contributed by atoms with Crippen molar-refractivity contribution in [3.8, 4) is 11.8 Å². The second-order valence-corrected chi connectivity index (χ2v) is 6.45. The van der Waals surface area contributed by atoms with E-state index in [1.54, 1.807) is 26.0 Å². The average Bonchev–Trinajstić information content (AvgIpc) is 2.71. The third kappa shape index (κ3) is 5.41. The van der Waals surface area contributed by atoms with Crippen LogP contribution in [0.25, 0.3) is 0 Å². The lowest BCUT2D eigenvalue weighted by Crippen LogP contribution is -2.16. The third-order valence-corrected chi connectivity index (χ3v) is 4.28. The van der Waals surface area contributed by atoms with Gasteiger partial charge in [-0.05, 0) is 49.7 Å². The molecule has 2 N–H and O–H groups in total. The first kappa shape index (κ1) is 21.9. The summed E-state index contributed by atoms with van der Waals surface area (Å²) in [6.07, 6.45) is 0. The maximum atomic E-state index is 13.4. The average molecular weight is 432 g/mol. The van der Waals surface area contributed by atoms with E-state index in [2.05, 4.69) is 25.3 Å². The van der Waals surface area contributed by atoms with Gasteiger partial charge in [0.15, 0.2) is 0 Å². The number of hydrogen-bond donors (Lipinski definition) is 2. The van der Waals surface area contributed by atoms with Crippen molar-refractivity contribution in [2.24, 2.45) is 0 Å². The summed E-state index contributed by atoms with van der Waals surface area (Å²) in [6, 6.07) is 9.62. The van der Waals surface area contributed by atoms with E-state index in [-0.39, 0.29) is 17.3 Å². The van der Waals surface area contributed by atoms with E-state index in [1.165, 1.54) is 31.4 Å². The lowest BCUT2D eigenvalue weighted by atomic mass is 10.1. The fourth-order valence-electron chi connectivity index (χ4n) is 2.75. The van der Waals surface area contributed by atoms with Gasteiger partial charge in [-0.15, -0.1) is 0 Å². The molecule has 31 heavy (non-hydrogen) atoms. The van der Waals surface area contributed by atoms with Gasteiger partial charge in [-0.2, -0.15) is 13.8 Å². The zero-order valence-electron chi connectivity index (χ0n) is 16.9. The number of nitrogens with one attached hydrogen (secondary N) is 2. The van der Waals surface area contributed by atoms with Crippen LogP contribution in [0.4, 0.5) is 30.4 Å². The Bertz CT molecular complexity index is 1110. The van der Waals surface area contributed by atoms with Crippen molar-refractivity contribution in [3.63, 3.8) is 0 Å². The first-order valence-corrected chi connectivity index (χ1v) is 9.09. The Balaban J connectivity index is 1.95. The van der Waals surface area contributed by atoms with Gasteiger partial charge in [0.25, 0.3) is 5.91 Å². The van der Waals surface area contributed by atoms with Crippen LogP contribution < -0.4 is 20.1 Å². The molecule has 0 spiro atoms. The third-order valence-electron chi connectivity index (χ3n) is 4.28. The number of alkyl halides is 2. The molecule has 0 fully saturated rings. The van der Waals surface area contributed by atoms with Crippen LogP contribution in [0.5, 0.6) is 11.8 Å². The van der Waals surface area contributed by atoms with Crippen molar-refractivity contribution < 1.29 is 27.4 Å². The minimum Gasteiger partial charge on any atom is -0.481 e. The van der Waals surface area contributed by atoms with Crippen molar-refractivity contribution in [2.45, 2.75) is 20.5 Å². The van der Waals surface area contributed by atoms with Gasteiger partial charge in [0.1, 0.15) is 11.6 Å². The van der Waals surface area contributed by atoms with Gasteiger partial charge in [0.05, 0.1) is 24.1 Å². The second-order valence-electron chi connectivity index (χ2n) is 6.45. The van der Waals surface area contributed by atoms with Crippen LogP contribution in [0, 0.1) is 19.7 Å². The summed E-state index contributed by atoms with van der Waals surface area (Å²) in [7, 11) is 1.48. The number of halogens is 3. The normalized spacial score (nSPS) is 10.7. The predicted octanol–water partition coefficient (Wildman–Crippen LogP) is 4.84. The molecule has 1 amide bonds. The number of carbonyl (C=O) groups is 1. The van der Waals surface area contributed by atoms with Crippen LogP contribution in [0.15, 0.2) is 42.5 Å². The van der Waals surface area contributed by atoms with Crippen LogP contribution in [0.3, 0.4) is 0 Å². The van der Waals surface area contributed by atoms with Crippen molar-refractivity contribution in [1.29, 1.82) is 0 Å². The Morgan fingerprint density at radius 2 is 1.71 bits per heavy atom. The smallest absolute Gasteiger partial charge is 0.388 e. The van der Waals surface area contributed by atoms with Gasteiger partial charge in [0.2, 0.25) is 11.8 Å². The van der Waals surface area contributed by atoms with Gasteiger partial charge < -0.3 is 20.1 Å². The molecule has 2 aromatic heterocycles. The van der Waals surface area contributed by atoms with Gasteiger partial charge in [-0.3, -0.25) is 4.79 Å². The van der Waals surface area contributed by atoms with E-state index in [0.717, 1.165) is 6.07 Å². The summed E-state index contributed by atoms with van der Waals surface area (Å²) >= 11 is 0. The fraction of sp³-hybridized carbons (Fsp3) is 0.190. The van der Waals surface area contributed by atoms with Gasteiger partial charge >= 0.3 is 6.61 Å². The number of pyridine rings is 2. The molecule has 0 radical (unpaired) electrons. The number of methoxy groups -OCH3 is 1. The molecule has 0 saturated carbocycles. The first-order valence-electron chi connectivity index (χ1n) is 9.09. The Kier molecular flexibility index (Phi) is 6.58. The number of hydrogen-bond acceptors (Lipinski definition) is 6. The van der Waals surface area contributed by atoms with E-state index in [4.69, 9.17) is 4.74 Å². The maximum absolute atomic E-state index is 13.4. The number of ether oxygens (including phenoxy) is 2. The number of aromatic nitrogens is 2. The molecule has 1 aromatic carbocycles. The number of carbonyl (C=O) groups excluding carboxylic acids is 1. The predicted molar refractivity (Wildman–Crippen MR) is 109 cm³/mol. The highest BCUT2D eigenvalue weighted by atomic mass is 19.3. The van der Waals surface area contributed by atoms with Crippen molar-refractivity contribution >= 4 is 23.1 Å². The van der Waals surface area contributed by atoms with E-state index in [0.29, 0.717) is 28.5 Å². The van der Waals surface area contributed by atoms with Gasteiger partial charge in [0, 0.05) is 17.8 Å².